The van der Waals surface area contributed by atoms with E-state index in [0.717, 1.165) is 48.9 Å². The third-order valence-corrected chi connectivity index (χ3v) is 10.4. The average molecular weight is 727 g/mol. The van der Waals surface area contributed by atoms with Gasteiger partial charge in [0.2, 0.25) is 11.8 Å². The highest BCUT2D eigenvalue weighted by Crippen LogP contribution is 2.38. The summed E-state index contributed by atoms with van der Waals surface area (Å²) in [7, 11) is 0. The molecule has 0 saturated heterocycles. The van der Waals surface area contributed by atoms with Gasteiger partial charge >= 0.3 is 12.1 Å². The van der Waals surface area contributed by atoms with Crippen LogP contribution in [0.1, 0.15) is 99.2 Å². The monoisotopic (exact) mass is 726 g/mol. The van der Waals surface area contributed by atoms with E-state index in [1.54, 1.807) is 35.2 Å². The molecule has 2 N–H and O–H groups in total. The fourth-order valence-corrected chi connectivity index (χ4v) is 7.38. The summed E-state index contributed by atoms with van der Waals surface area (Å²) in [6.07, 6.45) is 0.138. The molecule has 2 atom stereocenters. The largest absolute Gasteiger partial charge is 0.481 e. The van der Waals surface area contributed by atoms with Crippen LogP contribution in [0, 0.1) is 5.92 Å². The second-order valence-corrected chi connectivity index (χ2v) is 15.2. The van der Waals surface area contributed by atoms with Crippen molar-refractivity contribution in [2.45, 2.75) is 89.4 Å². The molecule has 53 heavy (non-hydrogen) atoms. The maximum atomic E-state index is 14.4. The van der Waals surface area contributed by atoms with Gasteiger partial charge in [-0.25, -0.2) is 0 Å². The number of rotatable bonds is 10. The molecule has 2 aliphatic rings. The lowest BCUT2D eigenvalue weighted by molar-refractivity contribution is -0.143. The second kappa shape index (κ2) is 15.5. The summed E-state index contributed by atoms with van der Waals surface area (Å²) in [5.41, 5.74) is 3.61. The molecule has 1 heterocycles. The molecule has 1 fully saturated rings. The molecule has 278 valence electrons. The van der Waals surface area contributed by atoms with Crippen LogP contribution in [-0.4, -0.2) is 34.3 Å². The highest BCUT2D eigenvalue weighted by Gasteiger charge is 2.38. The fraction of sp³-hybridized carbons (Fsp3) is 0.372. The molecule has 1 saturated carbocycles. The van der Waals surface area contributed by atoms with Crippen molar-refractivity contribution in [1.82, 2.24) is 10.2 Å². The van der Waals surface area contributed by atoms with Crippen LogP contribution in [-0.2, 0) is 32.4 Å². The minimum atomic E-state index is -4.45. The van der Waals surface area contributed by atoms with Gasteiger partial charge in [-0.1, -0.05) is 88.2 Å². The van der Waals surface area contributed by atoms with Crippen LogP contribution in [0.3, 0.4) is 0 Å². The van der Waals surface area contributed by atoms with Crippen molar-refractivity contribution in [2.75, 3.05) is 6.54 Å². The van der Waals surface area contributed by atoms with E-state index in [2.05, 4.69) is 26.1 Å². The first-order valence-corrected chi connectivity index (χ1v) is 18.2. The molecule has 7 nitrogen and oxygen atoms in total. The summed E-state index contributed by atoms with van der Waals surface area (Å²) in [5, 5.41) is 12.8. The van der Waals surface area contributed by atoms with Gasteiger partial charge in [0.1, 0.15) is 17.5 Å². The first kappa shape index (κ1) is 37.6. The molecule has 1 aliphatic carbocycles. The topological polar surface area (TPSA) is 95.9 Å². The number of fused-ring (bicyclic) bond motifs is 1. The lowest BCUT2D eigenvalue weighted by Gasteiger charge is -2.38. The number of halogens is 3. The zero-order valence-corrected chi connectivity index (χ0v) is 30.2. The van der Waals surface area contributed by atoms with Crippen LogP contribution in [0.5, 0.6) is 11.5 Å². The lowest BCUT2D eigenvalue weighted by Crippen LogP contribution is -2.48. The Kier molecular flexibility index (Phi) is 11.0. The van der Waals surface area contributed by atoms with Crippen LogP contribution in [0.15, 0.2) is 91.0 Å². The number of alkyl halides is 3. The van der Waals surface area contributed by atoms with E-state index >= 15 is 0 Å². The number of carboxylic acids is 1. The van der Waals surface area contributed by atoms with E-state index in [1.807, 2.05) is 36.4 Å². The Labute approximate surface area is 308 Å². The number of hydrogen-bond donors (Lipinski definition) is 2. The molecule has 10 heteroatoms. The molecule has 0 radical (unpaired) electrons. The summed E-state index contributed by atoms with van der Waals surface area (Å²) < 4.78 is 45.5. The van der Waals surface area contributed by atoms with Crippen molar-refractivity contribution in [1.29, 1.82) is 0 Å². The summed E-state index contributed by atoms with van der Waals surface area (Å²) in [5.74, 6) is -0.339. The van der Waals surface area contributed by atoms with Crippen LogP contribution >= 0.6 is 0 Å². The molecule has 4 aromatic rings. The third kappa shape index (κ3) is 9.10. The summed E-state index contributed by atoms with van der Waals surface area (Å²) in [6.45, 7) is 6.75. The second-order valence-electron chi connectivity index (χ2n) is 15.2. The first-order chi connectivity index (χ1) is 25.2. The molecule has 2 amide bonds. The van der Waals surface area contributed by atoms with Gasteiger partial charge in [-0.3, -0.25) is 14.4 Å². The van der Waals surface area contributed by atoms with Gasteiger partial charge in [0.25, 0.3) is 0 Å². The molecular formula is C43H45F3N2O5. The summed E-state index contributed by atoms with van der Waals surface area (Å²) >= 11 is 0. The van der Waals surface area contributed by atoms with Gasteiger partial charge in [-0.15, -0.1) is 0 Å². The van der Waals surface area contributed by atoms with E-state index in [4.69, 9.17) is 4.74 Å². The van der Waals surface area contributed by atoms with Crippen molar-refractivity contribution in [3.05, 3.63) is 119 Å². The van der Waals surface area contributed by atoms with E-state index in [-0.39, 0.29) is 17.2 Å². The molecule has 1 aliphatic heterocycles. The Morgan fingerprint density at radius 2 is 1.42 bits per heavy atom. The van der Waals surface area contributed by atoms with Crippen molar-refractivity contribution < 1.29 is 37.4 Å². The number of ether oxygens (including phenoxy) is 1. The summed E-state index contributed by atoms with van der Waals surface area (Å²) in [4.78, 5) is 42.1. The van der Waals surface area contributed by atoms with Crippen molar-refractivity contribution in [3.63, 3.8) is 0 Å². The highest BCUT2D eigenvalue weighted by atomic mass is 19.4. The molecular weight excluding hydrogens is 681 g/mol. The smallest absolute Gasteiger partial charge is 0.416 e. The number of carboxylic acid groups (broad SMARTS) is 1. The Hall–Kier alpha value is -5.12. The Balaban J connectivity index is 1.28. The molecule has 6 rings (SSSR count). The Bertz CT molecular complexity index is 1930. The maximum absolute atomic E-state index is 14.4. The third-order valence-electron chi connectivity index (χ3n) is 10.4. The average Bonchev–Trinajstić information content (AvgIpc) is 3.63. The Morgan fingerprint density at radius 1 is 0.830 bits per heavy atom. The number of benzene rings is 4. The normalized spacial score (nSPS) is 16.9. The molecule has 2 unspecified atom stereocenters. The van der Waals surface area contributed by atoms with Crippen LogP contribution in [0.4, 0.5) is 13.2 Å². The van der Waals surface area contributed by atoms with Gasteiger partial charge in [-0.05, 0) is 100 Å². The molecule has 0 spiro atoms. The van der Waals surface area contributed by atoms with Gasteiger partial charge in [-0.2, -0.15) is 13.2 Å². The van der Waals surface area contributed by atoms with Gasteiger partial charge in [0.05, 0.1) is 18.0 Å². The van der Waals surface area contributed by atoms with Crippen LogP contribution in [0.25, 0.3) is 11.1 Å². The number of aliphatic carboxylic acids is 1. The van der Waals surface area contributed by atoms with E-state index in [9.17, 15) is 32.7 Å². The van der Waals surface area contributed by atoms with E-state index < -0.39 is 42.1 Å². The SMILES string of the molecule is CC(C)(C)c1ccc(Oc2ccc3c(c2)C(C(=O)NC(CC(=O)O)c2ccc(-c4ccc(C(F)(F)F)cc4)cc2)N(C(=O)CC2CCCC2)CC3)cc1. The zero-order valence-electron chi connectivity index (χ0n) is 30.2. The predicted molar refractivity (Wildman–Crippen MR) is 196 cm³/mol. The predicted octanol–water partition coefficient (Wildman–Crippen LogP) is 9.80. The van der Waals surface area contributed by atoms with Gasteiger partial charge in [0.15, 0.2) is 0 Å². The number of carbonyl (C=O) groups is 3. The van der Waals surface area contributed by atoms with Crippen molar-refractivity contribution in [3.8, 4) is 22.6 Å². The first-order valence-electron chi connectivity index (χ1n) is 18.2. The molecule has 4 aromatic carbocycles. The number of hydrogen-bond acceptors (Lipinski definition) is 4. The molecule has 0 bridgehead atoms. The number of nitrogens with zero attached hydrogens (tertiary/aromatic N) is 1. The van der Waals surface area contributed by atoms with Gasteiger partial charge < -0.3 is 20.1 Å². The van der Waals surface area contributed by atoms with E-state index in [1.165, 1.54) is 12.1 Å². The Morgan fingerprint density at radius 3 is 2.00 bits per heavy atom. The minimum absolute atomic E-state index is 0.0218. The zero-order chi connectivity index (χ0) is 37.9. The van der Waals surface area contributed by atoms with Crippen LogP contribution < -0.4 is 10.1 Å². The fourth-order valence-electron chi connectivity index (χ4n) is 7.38. The number of nitrogens with one attached hydrogen (secondary N) is 1. The summed E-state index contributed by atoms with van der Waals surface area (Å²) in [6, 6.07) is 22.9. The minimum Gasteiger partial charge on any atom is -0.481 e. The van der Waals surface area contributed by atoms with Crippen molar-refractivity contribution >= 4 is 17.8 Å². The molecule has 0 aromatic heterocycles. The number of carbonyl (C=O) groups excluding carboxylic acids is 2. The maximum Gasteiger partial charge on any atom is 0.416 e. The van der Waals surface area contributed by atoms with Gasteiger partial charge in [0, 0.05) is 13.0 Å². The van der Waals surface area contributed by atoms with Crippen LogP contribution in [0.2, 0.25) is 0 Å². The lowest BCUT2D eigenvalue weighted by atomic mass is 9.87. The highest BCUT2D eigenvalue weighted by molar-refractivity contribution is 5.90. The standard InChI is InChI=1S/C43H45F3N2O5/c1-42(2,3)32-17-20-34(21-18-32)53-35-19-14-30-22-23-48(38(49)24-27-6-4-5-7-27)40(36(30)25-35)41(52)47-37(26-39(50)51)31-10-8-28(9-11-31)29-12-15-33(16-13-29)43(44,45)46/h8-21,25,27,37,40H,4-7,22-24,26H2,1-3H3,(H,47,52)(H,50,51). The van der Waals surface area contributed by atoms with Crippen molar-refractivity contribution in [2.24, 2.45) is 5.92 Å². The quantitative estimate of drug-likeness (QED) is 0.170. The van der Waals surface area contributed by atoms with E-state index in [0.29, 0.717) is 53.1 Å². The number of amides is 2.